The van der Waals surface area contributed by atoms with Crippen LogP contribution in [0.5, 0.6) is 11.5 Å². The Morgan fingerprint density at radius 1 is 1.06 bits per heavy atom. The number of rotatable bonds is 6. The van der Waals surface area contributed by atoms with E-state index in [0.29, 0.717) is 24.5 Å². The van der Waals surface area contributed by atoms with Crippen molar-refractivity contribution in [3.63, 3.8) is 0 Å². The Balaban J connectivity index is 1.36. The molecule has 35 heavy (non-hydrogen) atoms. The summed E-state index contributed by atoms with van der Waals surface area (Å²) >= 11 is 1.77. The van der Waals surface area contributed by atoms with E-state index >= 15 is 0 Å². The summed E-state index contributed by atoms with van der Waals surface area (Å²) in [5.74, 6) is 2.70. The Labute approximate surface area is 207 Å². The number of anilines is 1. The van der Waals surface area contributed by atoms with Gasteiger partial charge in [-0.15, -0.1) is 11.3 Å². The van der Waals surface area contributed by atoms with Crippen LogP contribution in [-0.2, 0) is 24.1 Å². The van der Waals surface area contributed by atoms with Gasteiger partial charge in [0.1, 0.15) is 10.6 Å². The van der Waals surface area contributed by atoms with Crippen LogP contribution >= 0.6 is 11.3 Å². The van der Waals surface area contributed by atoms with E-state index in [1.54, 1.807) is 30.4 Å². The lowest BCUT2D eigenvalue weighted by Crippen LogP contribution is -2.06. The molecule has 1 aliphatic carbocycles. The van der Waals surface area contributed by atoms with Gasteiger partial charge in [-0.2, -0.15) is 0 Å². The molecule has 1 N–H and O–H groups in total. The number of thiophene rings is 1. The van der Waals surface area contributed by atoms with Gasteiger partial charge in [-0.25, -0.2) is 14.8 Å². The number of carbonyl (C=O) groups excluding carboxylic acids is 1. The molecule has 8 heteroatoms. The Morgan fingerprint density at radius 2 is 1.89 bits per heavy atom. The summed E-state index contributed by atoms with van der Waals surface area (Å²) in [5.41, 5.74) is 3.85. The molecule has 0 atom stereocenters. The highest BCUT2D eigenvalue weighted by Gasteiger charge is 2.22. The lowest BCUT2D eigenvalue weighted by molar-refractivity contribution is 0.0526. The van der Waals surface area contributed by atoms with Crippen LogP contribution in [0, 0.1) is 0 Å². The van der Waals surface area contributed by atoms with E-state index in [9.17, 15) is 4.79 Å². The predicted molar refractivity (Wildman–Crippen MR) is 135 cm³/mol. The van der Waals surface area contributed by atoms with Crippen LogP contribution in [0.4, 0.5) is 5.82 Å². The van der Waals surface area contributed by atoms with Crippen molar-refractivity contribution in [2.45, 2.75) is 39.2 Å². The number of nitrogens with one attached hydrogen (secondary N) is 1. The number of carbonyl (C=O) groups is 1. The van der Waals surface area contributed by atoms with Gasteiger partial charge in [0.25, 0.3) is 0 Å². The van der Waals surface area contributed by atoms with Crippen LogP contribution in [0.25, 0.3) is 21.6 Å². The molecule has 0 amide bonds. The van der Waals surface area contributed by atoms with Gasteiger partial charge in [-0.3, -0.25) is 0 Å². The lowest BCUT2D eigenvalue weighted by atomic mass is 9.97. The molecule has 4 aromatic rings. The van der Waals surface area contributed by atoms with E-state index in [0.717, 1.165) is 51.5 Å². The van der Waals surface area contributed by atoms with Crippen molar-refractivity contribution in [3.8, 4) is 22.9 Å². The second-order valence-corrected chi connectivity index (χ2v) is 9.71. The normalized spacial score (nSPS) is 14.1. The molecular formula is C27H25N3O4S. The Bertz CT molecular complexity index is 1410. The van der Waals surface area contributed by atoms with Crippen molar-refractivity contribution in [2.24, 2.45) is 0 Å². The summed E-state index contributed by atoms with van der Waals surface area (Å²) in [4.78, 5) is 24.4. The summed E-state index contributed by atoms with van der Waals surface area (Å²) in [6.07, 6.45) is 4.57. The Kier molecular flexibility index (Phi) is 5.74. The Morgan fingerprint density at radius 3 is 2.74 bits per heavy atom. The van der Waals surface area contributed by atoms with Gasteiger partial charge in [-0.1, -0.05) is 18.2 Å². The summed E-state index contributed by atoms with van der Waals surface area (Å²) in [5, 5.41) is 4.71. The average molecular weight is 488 g/mol. The number of aryl methyl sites for hydroxylation is 2. The molecule has 0 spiro atoms. The first-order valence-electron chi connectivity index (χ1n) is 11.9. The fourth-order valence-corrected chi connectivity index (χ4v) is 5.88. The fourth-order valence-electron chi connectivity index (χ4n) is 4.62. The first kappa shape index (κ1) is 21.9. The zero-order valence-corrected chi connectivity index (χ0v) is 20.2. The standard InChI is InChI=1S/C27H25N3O4S/c1-2-32-27(31)18-10-8-17(9-11-18)24-29-25(23-19-5-3-4-6-22(19)35-26(23)30-24)28-14-16-7-12-20-21(13-16)34-15-33-20/h7-13H,2-6,14-15H2,1H3,(H,28,29,30). The van der Waals surface area contributed by atoms with Gasteiger partial charge in [0, 0.05) is 17.0 Å². The number of aromatic nitrogens is 2. The third kappa shape index (κ3) is 4.18. The number of nitrogens with zero attached hydrogens (tertiary/aromatic N) is 2. The van der Waals surface area contributed by atoms with Crippen LogP contribution in [0.15, 0.2) is 42.5 Å². The van der Waals surface area contributed by atoms with Crippen LogP contribution in [-0.4, -0.2) is 29.3 Å². The molecular weight excluding hydrogens is 462 g/mol. The minimum atomic E-state index is -0.326. The van der Waals surface area contributed by atoms with Crippen molar-refractivity contribution in [2.75, 3.05) is 18.7 Å². The van der Waals surface area contributed by atoms with E-state index in [1.165, 1.54) is 23.3 Å². The van der Waals surface area contributed by atoms with E-state index in [1.807, 2.05) is 30.3 Å². The highest BCUT2D eigenvalue weighted by molar-refractivity contribution is 7.19. The maximum atomic E-state index is 12.0. The molecule has 0 radical (unpaired) electrons. The molecule has 7 nitrogen and oxygen atoms in total. The largest absolute Gasteiger partial charge is 0.462 e. The summed E-state index contributed by atoms with van der Waals surface area (Å²) in [7, 11) is 0. The molecule has 0 bridgehead atoms. The maximum absolute atomic E-state index is 12.0. The first-order chi connectivity index (χ1) is 17.2. The molecule has 2 aromatic heterocycles. The first-order valence-corrected chi connectivity index (χ1v) is 12.7. The van der Waals surface area contributed by atoms with Crippen LogP contribution in [0.2, 0.25) is 0 Å². The smallest absolute Gasteiger partial charge is 0.338 e. The van der Waals surface area contributed by atoms with Crippen molar-refractivity contribution in [3.05, 3.63) is 64.0 Å². The number of esters is 1. The predicted octanol–water partition coefficient (Wildman–Crippen LogP) is 5.75. The van der Waals surface area contributed by atoms with Crippen LogP contribution in [0.3, 0.4) is 0 Å². The second-order valence-electron chi connectivity index (χ2n) is 8.63. The molecule has 0 unspecified atom stereocenters. The third-order valence-corrected chi connectivity index (χ3v) is 7.55. The number of fused-ring (bicyclic) bond motifs is 4. The number of hydrogen-bond donors (Lipinski definition) is 1. The minimum absolute atomic E-state index is 0.262. The molecule has 178 valence electrons. The van der Waals surface area contributed by atoms with Gasteiger partial charge in [0.05, 0.1) is 17.6 Å². The van der Waals surface area contributed by atoms with E-state index < -0.39 is 0 Å². The van der Waals surface area contributed by atoms with Gasteiger partial charge < -0.3 is 19.5 Å². The van der Waals surface area contributed by atoms with E-state index in [4.69, 9.17) is 24.2 Å². The maximum Gasteiger partial charge on any atom is 0.338 e. The van der Waals surface area contributed by atoms with Crippen LogP contribution < -0.4 is 14.8 Å². The lowest BCUT2D eigenvalue weighted by Gasteiger charge is -2.14. The van der Waals surface area contributed by atoms with Crippen LogP contribution in [0.1, 0.15) is 46.1 Å². The van der Waals surface area contributed by atoms with Gasteiger partial charge >= 0.3 is 5.97 Å². The van der Waals surface area contributed by atoms with Gasteiger partial charge in [0.2, 0.25) is 6.79 Å². The molecule has 0 saturated heterocycles. The van der Waals surface area contributed by atoms with Gasteiger partial charge in [-0.05, 0) is 68.0 Å². The zero-order chi connectivity index (χ0) is 23.8. The fraction of sp³-hybridized carbons (Fsp3) is 0.296. The van der Waals surface area contributed by atoms with E-state index in [-0.39, 0.29) is 12.8 Å². The molecule has 0 fully saturated rings. The zero-order valence-electron chi connectivity index (χ0n) is 19.4. The highest BCUT2D eigenvalue weighted by atomic mass is 32.1. The average Bonchev–Trinajstić information content (AvgIpc) is 3.51. The highest BCUT2D eigenvalue weighted by Crippen LogP contribution is 2.40. The molecule has 0 saturated carbocycles. The quantitative estimate of drug-likeness (QED) is 0.347. The van der Waals surface area contributed by atoms with E-state index in [2.05, 4.69) is 5.32 Å². The molecule has 2 aliphatic rings. The SMILES string of the molecule is CCOC(=O)c1ccc(-c2nc(NCc3ccc4c(c3)OCO4)c3c4c(sc3n2)CCCC4)cc1. The minimum Gasteiger partial charge on any atom is -0.462 e. The third-order valence-electron chi connectivity index (χ3n) is 6.37. The molecule has 1 aliphatic heterocycles. The number of hydrogen-bond acceptors (Lipinski definition) is 8. The topological polar surface area (TPSA) is 82.6 Å². The summed E-state index contributed by atoms with van der Waals surface area (Å²) < 4.78 is 16.1. The monoisotopic (exact) mass is 487 g/mol. The molecule has 6 rings (SSSR count). The van der Waals surface area contributed by atoms with Gasteiger partial charge in [0.15, 0.2) is 17.3 Å². The molecule has 2 aromatic carbocycles. The van der Waals surface area contributed by atoms with Crippen molar-refractivity contribution in [1.29, 1.82) is 0 Å². The summed E-state index contributed by atoms with van der Waals surface area (Å²) in [6, 6.07) is 13.3. The Hall–Kier alpha value is -3.65. The number of benzene rings is 2. The summed E-state index contributed by atoms with van der Waals surface area (Å²) in [6.45, 7) is 3.02. The number of ether oxygens (including phenoxy) is 3. The van der Waals surface area contributed by atoms with Crippen molar-refractivity contribution < 1.29 is 19.0 Å². The van der Waals surface area contributed by atoms with Crippen molar-refractivity contribution >= 4 is 33.3 Å². The second kappa shape index (κ2) is 9.19. The molecule has 3 heterocycles. The van der Waals surface area contributed by atoms with Crippen molar-refractivity contribution in [1.82, 2.24) is 9.97 Å².